The van der Waals surface area contributed by atoms with E-state index in [9.17, 15) is 9.59 Å². The number of hydrogen-bond acceptors (Lipinski definition) is 6. The molecule has 2 N–H and O–H groups in total. The fourth-order valence-corrected chi connectivity index (χ4v) is 3.54. The second-order valence-electron chi connectivity index (χ2n) is 6.63. The van der Waals surface area contributed by atoms with Gasteiger partial charge in [-0.15, -0.1) is 11.8 Å². The molecule has 2 amide bonds. The highest BCUT2D eigenvalue weighted by molar-refractivity contribution is 8.00. The molecule has 2 aromatic rings. The van der Waals surface area contributed by atoms with Gasteiger partial charge in [0.25, 0.3) is 5.91 Å². The molecule has 0 unspecified atom stereocenters. The minimum atomic E-state index is -0.202. The van der Waals surface area contributed by atoms with Crippen molar-refractivity contribution in [1.29, 1.82) is 0 Å². The van der Waals surface area contributed by atoms with Crippen molar-refractivity contribution in [1.82, 2.24) is 10.6 Å². The summed E-state index contributed by atoms with van der Waals surface area (Å²) in [5.74, 6) is 2.00. The quantitative estimate of drug-likeness (QED) is 0.483. The number of nitrogens with one attached hydrogen (secondary N) is 2. The normalized spacial score (nSPS) is 12.0. The molecular formula is C21H24N2O5S. The number of benzene rings is 2. The lowest BCUT2D eigenvalue weighted by Crippen LogP contribution is -2.31. The Balaban J connectivity index is 1.47. The lowest BCUT2D eigenvalue weighted by atomic mass is 10.2. The highest BCUT2D eigenvalue weighted by Crippen LogP contribution is 2.35. The van der Waals surface area contributed by atoms with E-state index in [4.69, 9.17) is 14.2 Å². The van der Waals surface area contributed by atoms with Gasteiger partial charge in [0.2, 0.25) is 12.7 Å². The van der Waals surface area contributed by atoms with Gasteiger partial charge in [-0.25, -0.2) is 0 Å². The maximum atomic E-state index is 12.5. The number of carbonyl (C=O) groups is 2. The predicted octanol–water partition coefficient (Wildman–Crippen LogP) is 2.84. The maximum absolute atomic E-state index is 12.5. The van der Waals surface area contributed by atoms with Gasteiger partial charge in [-0.2, -0.15) is 0 Å². The molecule has 0 bridgehead atoms. The van der Waals surface area contributed by atoms with Crippen LogP contribution in [0, 0.1) is 0 Å². The van der Waals surface area contributed by atoms with Gasteiger partial charge in [0.15, 0.2) is 11.5 Å². The highest BCUT2D eigenvalue weighted by atomic mass is 32.2. The Morgan fingerprint density at radius 3 is 2.76 bits per heavy atom. The molecule has 0 aromatic heterocycles. The van der Waals surface area contributed by atoms with E-state index in [0.29, 0.717) is 36.0 Å². The molecule has 1 heterocycles. The van der Waals surface area contributed by atoms with Crippen molar-refractivity contribution < 1.29 is 23.8 Å². The summed E-state index contributed by atoms with van der Waals surface area (Å²) in [6.45, 7) is 4.70. The van der Waals surface area contributed by atoms with Crippen LogP contribution in [-0.4, -0.2) is 43.6 Å². The first-order valence-electron chi connectivity index (χ1n) is 9.35. The molecule has 0 fully saturated rings. The molecular weight excluding hydrogens is 392 g/mol. The number of ether oxygens (including phenoxy) is 3. The van der Waals surface area contributed by atoms with Gasteiger partial charge < -0.3 is 24.8 Å². The Morgan fingerprint density at radius 2 is 1.93 bits per heavy atom. The molecule has 0 aliphatic carbocycles. The van der Waals surface area contributed by atoms with Gasteiger partial charge in [0.05, 0.1) is 17.9 Å². The smallest absolute Gasteiger partial charge is 0.252 e. The lowest BCUT2D eigenvalue weighted by molar-refractivity contribution is -0.119. The van der Waals surface area contributed by atoms with E-state index in [2.05, 4.69) is 10.6 Å². The fraction of sp³-hybridized carbons (Fsp3) is 0.333. The monoisotopic (exact) mass is 416 g/mol. The molecule has 3 rings (SSSR count). The summed E-state index contributed by atoms with van der Waals surface area (Å²) in [6.07, 6.45) is 0. The van der Waals surface area contributed by atoms with Gasteiger partial charge in [0, 0.05) is 17.0 Å². The minimum absolute atomic E-state index is 0.0580. The van der Waals surface area contributed by atoms with Crippen LogP contribution >= 0.6 is 11.8 Å². The average Bonchev–Trinajstić information content (AvgIpc) is 3.17. The van der Waals surface area contributed by atoms with Crippen LogP contribution in [-0.2, 0) is 4.79 Å². The number of thioether (sulfide) groups is 1. The van der Waals surface area contributed by atoms with Crippen LogP contribution in [0.15, 0.2) is 47.4 Å². The summed E-state index contributed by atoms with van der Waals surface area (Å²) >= 11 is 1.34. The van der Waals surface area contributed by atoms with Crippen molar-refractivity contribution in [2.45, 2.75) is 24.8 Å². The Labute approximate surface area is 174 Å². The maximum Gasteiger partial charge on any atom is 0.252 e. The molecule has 154 valence electrons. The van der Waals surface area contributed by atoms with E-state index in [0.717, 1.165) is 4.90 Å². The molecule has 2 aromatic carbocycles. The fourth-order valence-electron chi connectivity index (χ4n) is 2.68. The van der Waals surface area contributed by atoms with Crippen LogP contribution in [0.2, 0.25) is 0 Å². The molecule has 0 spiro atoms. The van der Waals surface area contributed by atoms with Crippen molar-refractivity contribution >= 4 is 23.6 Å². The number of amides is 2. The second kappa shape index (κ2) is 10.1. The number of rotatable bonds is 9. The van der Waals surface area contributed by atoms with Crippen molar-refractivity contribution in [3.63, 3.8) is 0 Å². The summed E-state index contributed by atoms with van der Waals surface area (Å²) in [5, 5.41) is 5.69. The standard InChI is InChI=1S/C21H24N2O5S/c1-14(2)23-20(24)12-29-19-6-4-3-5-16(19)21(25)22-9-10-26-15-7-8-17-18(11-15)28-13-27-17/h3-8,11,14H,9-10,12-13H2,1-2H3,(H,22,25)(H,23,24). The van der Waals surface area contributed by atoms with Crippen molar-refractivity contribution in [2.75, 3.05) is 25.7 Å². The third kappa shape index (κ3) is 6.05. The topological polar surface area (TPSA) is 85.9 Å². The minimum Gasteiger partial charge on any atom is -0.492 e. The second-order valence-corrected chi connectivity index (χ2v) is 7.64. The van der Waals surface area contributed by atoms with E-state index in [1.165, 1.54) is 11.8 Å². The Hall–Kier alpha value is -2.87. The Morgan fingerprint density at radius 1 is 1.14 bits per heavy atom. The lowest BCUT2D eigenvalue weighted by Gasteiger charge is -2.12. The van der Waals surface area contributed by atoms with Crippen LogP contribution in [0.1, 0.15) is 24.2 Å². The first-order chi connectivity index (χ1) is 14.0. The molecule has 8 heteroatoms. The summed E-state index contributed by atoms with van der Waals surface area (Å²) in [5.41, 5.74) is 0.540. The van der Waals surface area contributed by atoms with E-state index in [-0.39, 0.29) is 30.4 Å². The van der Waals surface area contributed by atoms with E-state index < -0.39 is 0 Å². The molecule has 1 aliphatic rings. The molecule has 0 saturated heterocycles. The Kier molecular flexibility index (Phi) is 7.24. The third-order valence-electron chi connectivity index (χ3n) is 3.94. The van der Waals surface area contributed by atoms with Crippen LogP contribution in [0.5, 0.6) is 17.2 Å². The van der Waals surface area contributed by atoms with Gasteiger partial charge in [-0.05, 0) is 38.1 Å². The van der Waals surface area contributed by atoms with Gasteiger partial charge in [-0.3, -0.25) is 9.59 Å². The zero-order valence-electron chi connectivity index (χ0n) is 16.4. The van der Waals surface area contributed by atoms with Gasteiger partial charge >= 0.3 is 0 Å². The molecule has 7 nitrogen and oxygen atoms in total. The van der Waals surface area contributed by atoms with Crippen molar-refractivity contribution in [3.05, 3.63) is 48.0 Å². The SMILES string of the molecule is CC(C)NC(=O)CSc1ccccc1C(=O)NCCOc1ccc2c(c1)OCO2. The average molecular weight is 416 g/mol. The van der Waals surface area contributed by atoms with Crippen LogP contribution in [0.25, 0.3) is 0 Å². The largest absolute Gasteiger partial charge is 0.492 e. The summed E-state index contributed by atoms with van der Waals surface area (Å²) in [6, 6.07) is 12.7. The van der Waals surface area contributed by atoms with E-state index >= 15 is 0 Å². The van der Waals surface area contributed by atoms with Gasteiger partial charge in [-0.1, -0.05) is 12.1 Å². The first-order valence-corrected chi connectivity index (χ1v) is 10.3. The van der Waals surface area contributed by atoms with Crippen molar-refractivity contribution in [2.24, 2.45) is 0 Å². The highest BCUT2D eigenvalue weighted by Gasteiger charge is 2.15. The number of carbonyl (C=O) groups excluding carboxylic acids is 2. The molecule has 1 aliphatic heterocycles. The summed E-state index contributed by atoms with van der Waals surface area (Å²) in [7, 11) is 0. The van der Waals surface area contributed by atoms with Crippen LogP contribution in [0.3, 0.4) is 0 Å². The van der Waals surface area contributed by atoms with Crippen LogP contribution in [0.4, 0.5) is 0 Å². The zero-order chi connectivity index (χ0) is 20.6. The molecule has 29 heavy (non-hydrogen) atoms. The number of hydrogen-bond donors (Lipinski definition) is 2. The summed E-state index contributed by atoms with van der Waals surface area (Å²) < 4.78 is 16.2. The third-order valence-corrected chi connectivity index (χ3v) is 5.01. The van der Waals surface area contributed by atoms with Crippen LogP contribution < -0.4 is 24.8 Å². The van der Waals surface area contributed by atoms with Gasteiger partial charge in [0.1, 0.15) is 12.4 Å². The van der Waals surface area contributed by atoms with Crippen molar-refractivity contribution in [3.8, 4) is 17.2 Å². The molecule has 0 radical (unpaired) electrons. The zero-order valence-corrected chi connectivity index (χ0v) is 17.2. The van der Waals surface area contributed by atoms with E-state index in [1.807, 2.05) is 26.0 Å². The Bertz CT molecular complexity index is 872. The molecule has 0 atom stereocenters. The predicted molar refractivity (Wildman–Crippen MR) is 111 cm³/mol. The van der Waals surface area contributed by atoms with E-state index in [1.54, 1.807) is 30.3 Å². The first kappa shape index (κ1) is 20.9. The number of fused-ring (bicyclic) bond motifs is 1. The molecule has 0 saturated carbocycles. The summed E-state index contributed by atoms with van der Waals surface area (Å²) in [4.78, 5) is 25.2.